The third-order valence-electron chi connectivity index (χ3n) is 5.03. The number of carbonyl (C=O) groups excluding carboxylic acids is 2. The molecule has 0 saturated heterocycles. The first-order chi connectivity index (χ1) is 12.7. The quantitative estimate of drug-likeness (QED) is 0.223. The predicted octanol–water partition coefficient (Wildman–Crippen LogP) is 5.74. The van der Waals surface area contributed by atoms with Crippen molar-refractivity contribution in [2.45, 2.75) is 96.8 Å². The topological polar surface area (TPSA) is 52.6 Å². The maximum absolute atomic E-state index is 11.6. The minimum absolute atomic E-state index is 0.427. The molecule has 0 N–H and O–H groups in total. The molecule has 150 valence electrons. The second-order valence-electron chi connectivity index (χ2n) is 7.46. The molecule has 0 aromatic carbocycles. The number of ether oxygens (including phenoxy) is 2. The van der Waals surface area contributed by atoms with E-state index < -0.39 is 11.9 Å². The van der Waals surface area contributed by atoms with Crippen LogP contribution in [0, 0.1) is 5.92 Å². The summed E-state index contributed by atoms with van der Waals surface area (Å²) in [5.74, 6) is -0.422. The Kier molecular flexibility index (Phi) is 13.9. The first-order valence-corrected chi connectivity index (χ1v) is 10.7. The van der Waals surface area contributed by atoms with E-state index in [9.17, 15) is 9.59 Å². The second-order valence-corrected chi connectivity index (χ2v) is 7.46. The van der Waals surface area contributed by atoms with Crippen LogP contribution in [0.15, 0.2) is 12.2 Å². The summed E-state index contributed by atoms with van der Waals surface area (Å²) < 4.78 is 10.3. The number of hydrogen-bond donors (Lipinski definition) is 0. The number of unbranched alkanes of at least 4 members (excludes halogenated alkanes) is 8. The highest BCUT2D eigenvalue weighted by Crippen LogP contribution is 2.23. The van der Waals surface area contributed by atoms with E-state index in [1.807, 2.05) is 0 Å². The highest BCUT2D eigenvalue weighted by Gasteiger charge is 2.14. The highest BCUT2D eigenvalue weighted by molar-refractivity contribution is 5.91. The zero-order valence-corrected chi connectivity index (χ0v) is 16.7. The van der Waals surface area contributed by atoms with E-state index in [1.54, 1.807) is 0 Å². The molecular formula is C22H38O4. The van der Waals surface area contributed by atoms with Gasteiger partial charge in [-0.3, -0.25) is 0 Å². The Bertz CT molecular complexity index is 397. The average Bonchev–Trinajstić information content (AvgIpc) is 2.67. The fraction of sp³-hybridized carbons (Fsp3) is 0.818. The first kappa shape index (κ1) is 22.7. The molecule has 1 fully saturated rings. The summed E-state index contributed by atoms with van der Waals surface area (Å²) in [4.78, 5) is 23.2. The molecule has 0 amide bonds. The van der Waals surface area contributed by atoms with Crippen LogP contribution in [0.5, 0.6) is 0 Å². The number of carbonyl (C=O) groups is 2. The zero-order valence-electron chi connectivity index (χ0n) is 16.7. The van der Waals surface area contributed by atoms with Crippen molar-refractivity contribution in [3.8, 4) is 0 Å². The van der Waals surface area contributed by atoms with Crippen molar-refractivity contribution in [1.82, 2.24) is 0 Å². The molecule has 26 heavy (non-hydrogen) atoms. The minimum Gasteiger partial charge on any atom is -0.463 e. The smallest absolute Gasteiger partial charge is 0.331 e. The third kappa shape index (κ3) is 13.0. The summed E-state index contributed by atoms with van der Waals surface area (Å²) in [5, 5.41) is 0. The Morgan fingerprint density at radius 1 is 0.769 bits per heavy atom. The molecule has 1 aliphatic carbocycles. The maximum Gasteiger partial charge on any atom is 0.331 e. The Labute approximate surface area is 159 Å². The van der Waals surface area contributed by atoms with E-state index >= 15 is 0 Å². The van der Waals surface area contributed by atoms with E-state index in [2.05, 4.69) is 6.92 Å². The SMILES string of the molecule is CCCCCCCCCCCOC(=O)/C=C/C(=O)OCC1CCCCC1. The lowest BCUT2D eigenvalue weighted by Crippen LogP contribution is -2.15. The largest absolute Gasteiger partial charge is 0.463 e. The van der Waals surface area contributed by atoms with Gasteiger partial charge in [-0.25, -0.2) is 9.59 Å². The fourth-order valence-electron chi connectivity index (χ4n) is 3.37. The number of rotatable bonds is 14. The molecule has 0 radical (unpaired) electrons. The van der Waals surface area contributed by atoms with Crippen LogP contribution in [0.3, 0.4) is 0 Å². The van der Waals surface area contributed by atoms with Gasteiger partial charge in [0.1, 0.15) is 0 Å². The first-order valence-electron chi connectivity index (χ1n) is 10.7. The normalized spacial score (nSPS) is 15.3. The van der Waals surface area contributed by atoms with E-state index in [0.717, 1.165) is 25.7 Å². The molecule has 4 heteroatoms. The highest BCUT2D eigenvalue weighted by atomic mass is 16.5. The van der Waals surface area contributed by atoms with Crippen LogP contribution in [0.2, 0.25) is 0 Å². The molecule has 0 aromatic rings. The van der Waals surface area contributed by atoms with Gasteiger partial charge in [0.15, 0.2) is 0 Å². The number of hydrogen-bond acceptors (Lipinski definition) is 4. The van der Waals surface area contributed by atoms with Crippen LogP contribution in [0.4, 0.5) is 0 Å². The molecular weight excluding hydrogens is 328 g/mol. The van der Waals surface area contributed by atoms with Gasteiger partial charge in [0, 0.05) is 12.2 Å². The van der Waals surface area contributed by atoms with Gasteiger partial charge >= 0.3 is 11.9 Å². The second kappa shape index (κ2) is 15.9. The molecule has 4 nitrogen and oxygen atoms in total. The summed E-state index contributed by atoms with van der Waals surface area (Å²) in [6.45, 7) is 3.13. The van der Waals surface area contributed by atoms with Gasteiger partial charge in [-0.2, -0.15) is 0 Å². The van der Waals surface area contributed by atoms with Gasteiger partial charge in [-0.15, -0.1) is 0 Å². The van der Waals surface area contributed by atoms with Crippen molar-refractivity contribution in [2.75, 3.05) is 13.2 Å². The van der Waals surface area contributed by atoms with E-state index in [-0.39, 0.29) is 0 Å². The summed E-state index contributed by atoms with van der Waals surface area (Å²) in [7, 11) is 0. The Morgan fingerprint density at radius 2 is 1.31 bits per heavy atom. The molecule has 0 heterocycles. The van der Waals surface area contributed by atoms with Crippen molar-refractivity contribution in [3.05, 3.63) is 12.2 Å². The van der Waals surface area contributed by atoms with E-state index in [0.29, 0.717) is 19.1 Å². The van der Waals surface area contributed by atoms with Crippen molar-refractivity contribution < 1.29 is 19.1 Å². The van der Waals surface area contributed by atoms with Gasteiger partial charge in [0.25, 0.3) is 0 Å². The van der Waals surface area contributed by atoms with Gasteiger partial charge in [0.05, 0.1) is 13.2 Å². The molecule has 0 atom stereocenters. The van der Waals surface area contributed by atoms with Crippen LogP contribution in [0.1, 0.15) is 96.8 Å². The molecule has 0 aliphatic heterocycles. The molecule has 1 saturated carbocycles. The third-order valence-corrected chi connectivity index (χ3v) is 5.03. The number of esters is 2. The van der Waals surface area contributed by atoms with Gasteiger partial charge < -0.3 is 9.47 Å². The lowest BCUT2D eigenvalue weighted by molar-refractivity contribution is -0.141. The predicted molar refractivity (Wildman–Crippen MR) is 105 cm³/mol. The molecule has 0 bridgehead atoms. The Balaban J connectivity index is 1.93. The van der Waals surface area contributed by atoms with E-state index in [4.69, 9.17) is 9.47 Å². The van der Waals surface area contributed by atoms with Crippen LogP contribution >= 0.6 is 0 Å². The monoisotopic (exact) mass is 366 g/mol. The summed E-state index contributed by atoms with van der Waals surface area (Å²) in [6, 6.07) is 0. The zero-order chi connectivity index (χ0) is 18.9. The van der Waals surface area contributed by atoms with Crippen LogP contribution < -0.4 is 0 Å². The average molecular weight is 367 g/mol. The minimum atomic E-state index is -0.459. The van der Waals surface area contributed by atoms with Crippen LogP contribution in [-0.4, -0.2) is 25.2 Å². The Hall–Kier alpha value is -1.32. The van der Waals surface area contributed by atoms with Gasteiger partial charge in [0.2, 0.25) is 0 Å². The fourth-order valence-corrected chi connectivity index (χ4v) is 3.37. The Morgan fingerprint density at radius 3 is 1.92 bits per heavy atom. The van der Waals surface area contributed by atoms with Crippen LogP contribution in [0.25, 0.3) is 0 Å². The lowest BCUT2D eigenvalue weighted by Gasteiger charge is -2.20. The molecule has 0 unspecified atom stereocenters. The summed E-state index contributed by atoms with van der Waals surface area (Å²) >= 11 is 0. The molecule has 1 aliphatic rings. The van der Waals surface area contributed by atoms with Gasteiger partial charge in [-0.05, 0) is 25.2 Å². The standard InChI is InChI=1S/C22H38O4/c1-2-3-4-5-6-7-8-9-13-18-25-21(23)16-17-22(24)26-19-20-14-11-10-12-15-20/h16-17,20H,2-15,18-19H2,1H3/b17-16+. The van der Waals surface area contributed by atoms with Crippen molar-refractivity contribution in [3.63, 3.8) is 0 Å². The maximum atomic E-state index is 11.6. The van der Waals surface area contributed by atoms with Crippen molar-refractivity contribution in [1.29, 1.82) is 0 Å². The summed E-state index contributed by atoms with van der Waals surface area (Å²) in [5.41, 5.74) is 0. The molecule has 1 rings (SSSR count). The molecule has 0 aromatic heterocycles. The van der Waals surface area contributed by atoms with Gasteiger partial charge in [-0.1, -0.05) is 77.6 Å². The summed E-state index contributed by atoms with van der Waals surface area (Å²) in [6.07, 6.45) is 19.5. The molecule has 0 spiro atoms. The van der Waals surface area contributed by atoms with E-state index in [1.165, 1.54) is 76.4 Å². The van der Waals surface area contributed by atoms with Crippen molar-refractivity contribution >= 4 is 11.9 Å². The van der Waals surface area contributed by atoms with Crippen LogP contribution in [-0.2, 0) is 19.1 Å². The van der Waals surface area contributed by atoms with Crippen molar-refractivity contribution in [2.24, 2.45) is 5.92 Å². The lowest BCUT2D eigenvalue weighted by atomic mass is 9.90.